The van der Waals surface area contributed by atoms with E-state index in [-0.39, 0.29) is 0 Å². The van der Waals surface area contributed by atoms with Crippen LogP contribution in [0, 0.1) is 6.92 Å². The van der Waals surface area contributed by atoms with Crippen molar-refractivity contribution in [2.45, 2.75) is 6.92 Å². The Kier molecular flexibility index (Phi) is 3.74. The highest BCUT2D eigenvalue weighted by Gasteiger charge is 2.23. The molecule has 0 spiro atoms. The lowest BCUT2D eigenvalue weighted by Gasteiger charge is -2.35. The van der Waals surface area contributed by atoms with Crippen LogP contribution in [0.15, 0.2) is 24.3 Å². The van der Waals surface area contributed by atoms with Crippen LogP contribution in [0.5, 0.6) is 0 Å². The fourth-order valence-electron chi connectivity index (χ4n) is 2.69. The molecule has 3 heterocycles. The molecule has 0 atom stereocenters. The van der Waals surface area contributed by atoms with Gasteiger partial charge in [0, 0.05) is 26.2 Å². The number of nitrogens with zero attached hydrogens (tertiary/aromatic N) is 6. The number of hydrogen-bond donors (Lipinski definition) is 0. The first-order valence-electron chi connectivity index (χ1n) is 7.43. The number of piperazine rings is 1. The van der Waals surface area contributed by atoms with Crippen LogP contribution in [0.4, 0.5) is 10.9 Å². The van der Waals surface area contributed by atoms with Gasteiger partial charge in [-0.3, -0.25) is 0 Å². The van der Waals surface area contributed by atoms with E-state index in [1.165, 1.54) is 0 Å². The molecule has 1 saturated heterocycles. The molecule has 0 bridgehead atoms. The lowest BCUT2D eigenvalue weighted by Crippen LogP contribution is -2.47. The highest BCUT2D eigenvalue weighted by Crippen LogP contribution is 2.27. The van der Waals surface area contributed by atoms with E-state index in [4.69, 9.17) is 11.6 Å². The van der Waals surface area contributed by atoms with Crippen molar-refractivity contribution in [3.8, 4) is 0 Å². The van der Waals surface area contributed by atoms with E-state index >= 15 is 0 Å². The maximum absolute atomic E-state index is 6.34. The lowest BCUT2D eigenvalue weighted by atomic mass is 10.3. The first-order chi connectivity index (χ1) is 11.2. The Hall–Kier alpha value is -1.99. The van der Waals surface area contributed by atoms with E-state index in [0.717, 1.165) is 53.2 Å². The Labute approximate surface area is 142 Å². The molecule has 8 heteroatoms. The topological polar surface area (TPSA) is 58.0 Å². The highest BCUT2D eigenvalue weighted by atomic mass is 35.5. The first-order valence-corrected chi connectivity index (χ1v) is 8.62. The zero-order valence-corrected chi connectivity index (χ0v) is 14.2. The Morgan fingerprint density at radius 1 is 0.957 bits per heavy atom. The summed E-state index contributed by atoms with van der Waals surface area (Å²) in [6, 6.07) is 7.79. The fraction of sp³-hybridized carbons (Fsp3) is 0.333. The number of aryl methyl sites for hydroxylation is 1. The van der Waals surface area contributed by atoms with Gasteiger partial charge in [-0.1, -0.05) is 35.1 Å². The monoisotopic (exact) mass is 346 g/mol. The molecule has 0 radical (unpaired) electrons. The standard InChI is InChI=1S/C15H15ClN6S/c1-10-19-20-15(23-10)22-8-6-21(7-9-22)14-13(16)17-11-4-2-3-5-12(11)18-14/h2-5H,6-9H2,1H3. The van der Waals surface area contributed by atoms with E-state index in [1.807, 2.05) is 31.2 Å². The summed E-state index contributed by atoms with van der Waals surface area (Å²) < 4.78 is 0. The molecule has 6 nitrogen and oxygen atoms in total. The number of benzene rings is 1. The molecule has 0 aliphatic carbocycles. The summed E-state index contributed by atoms with van der Waals surface area (Å²) >= 11 is 7.97. The van der Waals surface area contributed by atoms with E-state index in [9.17, 15) is 0 Å². The quantitative estimate of drug-likeness (QED) is 0.711. The van der Waals surface area contributed by atoms with Gasteiger partial charge in [0.05, 0.1) is 11.0 Å². The number of aromatic nitrogens is 4. The Bertz CT molecular complexity index is 843. The van der Waals surface area contributed by atoms with Gasteiger partial charge < -0.3 is 9.80 Å². The summed E-state index contributed by atoms with van der Waals surface area (Å²) in [6.45, 7) is 5.40. The second kappa shape index (κ2) is 5.90. The predicted molar refractivity (Wildman–Crippen MR) is 93.6 cm³/mol. The van der Waals surface area contributed by atoms with Crippen molar-refractivity contribution in [3.05, 3.63) is 34.4 Å². The van der Waals surface area contributed by atoms with Gasteiger partial charge in [-0.05, 0) is 19.1 Å². The molecule has 1 fully saturated rings. The predicted octanol–water partition coefficient (Wildman–Crippen LogP) is 2.77. The van der Waals surface area contributed by atoms with Gasteiger partial charge in [-0.15, -0.1) is 10.2 Å². The second-order valence-corrected chi connectivity index (χ2v) is 6.92. The van der Waals surface area contributed by atoms with Crippen molar-refractivity contribution in [3.63, 3.8) is 0 Å². The van der Waals surface area contributed by atoms with Gasteiger partial charge in [0.15, 0.2) is 11.0 Å². The molecule has 3 aromatic rings. The maximum Gasteiger partial charge on any atom is 0.208 e. The summed E-state index contributed by atoms with van der Waals surface area (Å²) in [4.78, 5) is 13.6. The molecule has 0 unspecified atom stereocenters. The van der Waals surface area contributed by atoms with Crippen molar-refractivity contribution >= 4 is 44.9 Å². The van der Waals surface area contributed by atoms with Gasteiger partial charge in [0.1, 0.15) is 5.01 Å². The molecule has 4 rings (SSSR count). The summed E-state index contributed by atoms with van der Waals surface area (Å²) in [5.41, 5.74) is 1.69. The zero-order chi connectivity index (χ0) is 15.8. The van der Waals surface area contributed by atoms with Crippen LogP contribution < -0.4 is 9.80 Å². The molecule has 118 valence electrons. The van der Waals surface area contributed by atoms with Gasteiger partial charge in [-0.2, -0.15) is 0 Å². The molecule has 0 amide bonds. The number of anilines is 2. The van der Waals surface area contributed by atoms with Crippen molar-refractivity contribution in [2.75, 3.05) is 36.0 Å². The number of hydrogen-bond acceptors (Lipinski definition) is 7. The molecule has 1 aliphatic heterocycles. The van der Waals surface area contributed by atoms with Crippen molar-refractivity contribution in [2.24, 2.45) is 0 Å². The number of halogens is 1. The molecule has 23 heavy (non-hydrogen) atoms. The molecule has 1 aromatic carbocycles. The normalized spacial score (nSPS) is 15.4. The van der Waals surface area contributed by atoms with E-state index in [0.29, 0.717) is 5.15 Å². The second-order valence-electron chi connectivity index (χ2n) is 5.40. The van der Waals surface area contributed by atoms with E-state index in [2.05, 4.69) is 30.0 Å². The molecular weight excluding hydrogens is 332 g/mol. The third kappa shape index (κ3) is 2.82. The molecular formula is C15H15ClN6S. The summed E-state index contributed by atoms with van der Waals surface area (Å²) in [7, 11) is 0. The van der Waals surface area contributed by atoms with Crippen LogP contribution in [0.25, 0.3) is 11.0 Å². The van der Waals surface area contributed by atoms with E-state index < -0.39 is 0 Å². The smallest absolute Gasteiger partial charge is 0.208 e. The highest BCUT2D eigenvalue weighted by molar-refractivity contribution is 7.15. The third-order valence-corrected chi connectivity index (χ3v) is 5.03. The van der Waals surface area contributed by atoms with Crippen LogP contribution in [-0.4, -0.2) is 46.3 Å². The summed E-state index contributed by atoms with van der Waals surface area (Å²) in [5.74, 6) is 0.762. The minimum absolute atomic E-state index is 0.462. The minimum Gasteiger partial charge on any atom is -0.350 e. The number of rotatable bonds is 2. The minimum atomic E-state index is 0.462. The summed E-state index contributed by atoms with van der Waals surface area (Å²) in [6.07, 6.45) is 0. The SMILES string of the molecule is Cc1nnc(N2CCN(c3nc4ccccc4nc3Cl)CC2)s1. The van der Waals surface area contributed by atoms with Crippen LogP contribution in [0.3, 0.4) is 0 Å². The third-order valence-electron chi connectivity index (χ3n) is 3.88. The van der Waals surface area contributed by atoms with Crippen LogP contribution in [0.2, 0.25) is 5.15 Å². The largest absolute Gasteiger partial charge is 0.350 e. The first kappa shape index (κ1) is 14.6. The van der Waals surface area contributed by atoms with Crippen LogP contribution in [-0.2, 0) is 0 Å². The van der Waals surface area contributed by atoms with Crippen LogP contribution >= 0.6 is 22.9 Å². The Morgan fingerprint density at radius 2 is 1.61 bits per heavy atom. The van der Waals surface area contributed by atoms with Gasteiger partial charge in [0.2, 0.25) is 5.13 Å². The molecule has 1 aliphatic rings. The average Bonchev–Trinajstić information content (AvgIpc) is 3.01. The van der Waals surface area contributed by atoms with Crippen molar-refractivity contribution < 1.29 is 0 Å². The Balaban J connectivity index is 1.55. The zero-order valence-electron chi connectivity index (χ0n) is 12.6. The fourth-order valence-corrected chi connectivity index (χ4v) is 3.69. The van der Waals surface area contributed by atoms with Crippen LogP contribution in [0.1, 0.15) is 5.01 Å². The van der Waals surface area contributed by atoms with Gasteiger partial charge in [-0.25, -0.2) is 9.97 Å². The van der Waals surface area contributed by atoms with Crippen molar-refractivity contribution in [1.29, 1.82) is 0 Å². The Morgan fingerprint density at radius 3 is 2.26 bits per heavy atom. The average molecular weight is 347 g/mol. The van der Waals surface area contributed by atoms with E-state index in [1.54, 1.807) is 11.3 Å². The number of para-hydroxylation sites is 2. The van der Waals surface area contributed by atoms with Gasteiger partial charge >= 0.3 is 0 Å². The summed E-state index contributed by atoms with van der Waals surface area (Å²) in [5, 5.41) is 10.7. The molecule has 2 aromatic heterocycles. The molecule has 0 saturated carbocycles. The lowest BCUT2D eigenvalue weighted by molar-refractivity contribution is 0.644. The van der Waals surface area contributed by atoms with Gasteiger partial charge in [0.25, 0.3) is 0 Å². The maximum atomic E-state index is 6.34. The molecule has 0 N–H and O–H groups in total. The number of fused-ring (bicyclic) bond motifs is 1. The van der Waals surface area contributed by atoms with Crippen molar-refractivity contribution in [1.82, 2.24) is 20.2 Å².